The number of aryl methyl sites for hydroxylation is 1. The molecular formula is C11H8F6O3S. The molecular weight excluding hydrogens is 326 g/mol. The van der Waals surface area contributed by atoms with Gasteiger partial charge in [-0.2, -0.15) is 13.2 Å². The molecule has 1 aromatic carbocycles. The first-order chi connectivity index (χ1) is 9.48. The van der Waals surface area contributed by atoms with Gasteiger partial charge < -0.3 is 9.84 Å². The molecule has 3 nitrogen and oxygen atoms in total. The molecule has 0 unspecified atom stereocenters. The topological polar surface area (TPSA) is 46.5 Å². The number of ether oxygens (including phenoxy) is 1. The first-order valence-electron chi connectivity index (χ1n) is 5.33. The molecule has 0 aliphatic rings. The number of aliphatic carboxylic acids is 1. The Balaban J connectivity index is 3.17. The minimum absolute atomic E-state index is 0.179. The van der Waals surface area contributed by atoms with Crippen LogP contribution in [0.1, 0.15) is 12.0 Å². The van der Waals surface area contributed by atoms with Crippen LogP contribution in [0.3, 0.4) is 0 Å². The fraction of sp³-hybridized carbons (Fsp3) is 0.364. The average Bonchev–Trinajstić information content (AvgIpc) is 2.25. The van der Waals surface area contributed by atoms with Gasteiger partial charge in [0.1, 0.15) is 5.75 Å². The van der Waals surface area contributed by atoms with Gasteiger partial charge in [0.05, 0.1) is 4.90 Å². The Bertz CT molecular complexity index is 512. The van der Waals surface area contributed by atoms with E-state index in [9.17, 15) is 31.1 Å². The van der Waals surface area contributed by atoms with E-state index >= 15 is 0 Å². The lowest BCUT2D eigenvalue weighted by molar-refractivity contribution is -0.275. The van der Waals surface area contributed by atoms with Crippen LogP contribution in [0.25, 0.3) is 0 Å². The Morgan fingerprint density at radius 2 is 1.81 bits per heavy atom. The van der Waals surface area contributed by atoms with E-state index in [1.165, 1.54) is 0 Å². The van der Waals surface area contributed by atoms with Gasteiger partial charge in [0, 0.05) is 6.42 Å². The molecule has 0 atom stereocenters. The van der Waals surface area contributed by atoms with Crippen LogP contribution in [0.2, 0.25) is 0 Å². The lowest BCUT2D eigenvalue weighted by atomic mass is 10.1. The minimum Gasteiger partial charge on any atom is -0.481 e. The fourth-order valence-electron chi connectivity index (χ4n) is 1.44. The summed E-state index contributed by atoms with van der Waals surface area (Å²) in [4.78, 5) is 9.65. The van der Waals surface area contributed by atoms with Gasteiger partial charge in [0.15, 0.2) is 0 Å². The molecule has 0 fully saturated rings. The molecule has 21 heavy (non-hydrogen) atoms. The van der Waals surface area contributed by atoms with Crippen molar-refractivity contribution < 1.29 is 41.0 Å². The Kier molecular flexibility index (Phi) is 5.37. The quantitative estimate of drug-likeness (QED) is 0.647. The first-order valence-corrected chi connectivity index (χ1v) is 6.15. The highest BCUT2D eigenvalue weighted by Gasteiger charge is 2.36. The third-order valence-electron chi connectivity index (χ3n) is 2.11. The molecule has 118 valence electrons. The van der Waals surface area contributed by atoms with Gasteiger partial charge in [-0.05, 0) is 29.8 Å². The molecule has 0 aromatic heterocycles. The summed E-state index contributed by atoms with van der Waals surface area (Å²) >= 11 is -0.772. The van der Waals surface area contributed by atoms with Crippen LogP contribution < -0.4 is 4.74 Å². The van der Waals surface area contributed by atoms with E-state index < -0.39 is 46.7 Å². The smallest absolute Gasteiger partial charge is 0.481 e. The summed E-state index contributed by atoms with van der Waals surface area (Å²) in [7, 11) is 0. The second-order valence-electron chi connectivity index (χ2n) is 3.73. The third-order valence-corrected chi connectivity index (χ3v) is 3.01. The zero-order valence-electron chi connectivity index (χ0n) is 10.1. The number of hydrogen-bond acceptors (Lipinski definition) is 3. The first kappa shape index (κ1) is 17.5. The van der Waals surface area contributed by atoms with Crippen LogP contribution in [0, 0.1) is 0 Å². The van der Waals surface area contributed by atoms with E-state index in [0.29, 0.717) is 0 Å². The molecule has 0 spiro atoms. The second kappa shape index (κ2) is 6.46. The molecule has 0 bridgehead atoms. The molecule has 0 saturated heterocycles. The maximum atomic E-state index is 12.4. The summed E-state index contributed by atoms with van der Waals surface area (Å²) in [6, 6.07) is 2.94. The van der Waals surface area contributed by atoms with Crippen LogP contribution in [0.4, 0.5) is 26.3 Å². The third kappa shape index (κ3) is 6.61. The number of rotatable bonds is 5. The van der Waals surface area contributed by atoms with E-state index in [4.69, 9.17) is 5.11 Å². The van der Waals surface area contributed by atoms with Crippen LogP contribution in [0.5, 0.6) is 5.75 Å². The Hall–Kier alpha value is -1.58. The van der Waals surface area contributed by atoms with Crippen LogP contribution >= 0.6 is 11.8 Å². The van der Waals surface area contributed by atoms with E-state index in [2.05, 4.69) is 4.74 Å². The number of carboxylic acid groups (broad SMARTS) is 1. The van der Waals surface area contributed by atoms with Crippen molar-refractivity contribution in [3.05, 3.63) is 23.8 Å². The maximum Gasteiger partial charge on any atom is 0.573 e. The Morgan fingerprint density at radius 1 is 1.19 bits per heavy atom. The van der Waals surface area contributed by atoms with Crippen molar-refractivity contribution in [1.82, 2.24) is 0 Å². The molecule has 1 aromatic rings. The van der Waals surface area contributed by atoms with Gasteiger partial charge in [-0.25, -0.2) is 0 Å². The van der Waals surface area contributed by atoms with Crippen molar-refractivity contribution in [3.8, 4) is 5.75 Å². The van der Waals surface area contributed by atoms with Crippen molar-refractivity contribution in [2.45, 2.75) is 29.6 Å². The number of benzene rings is 1. The lowest BCUT2D eigenvalue weighted by Gasteiger charge is -2.17. The average molecular weight is 334 g/mol. The summed E-state index contributed by atoms with van der Waals surface area (Å²) in [6.07, 6.45) is -6.00. The van der Waals surface area contributed by atoms with Crippen LogP contribution in [-0.2, 0) is 11.2 Å². The monoisotopic (exact) mass is 334 g/mol. The van der Waals surface area contributed by atoms with E-state index in [1.807, 2.05) is 0 Å². The highest BCUT2D eigenvalue weighted by Crippen LogP contribution is 2.44. The second-order valence-corrected chi connectivity index (χ2v) is 4.81. The highest BCUT2D eigenvalue weighted by atomic mass is 32.2. The van der Waals surface area contributed by atoms with Crippen molar-refractivity contribution in [3.63, 3.8) is 0 Å². The zero-order valence-corrected chi connectivity index (χ0v) is 10.9. The number of thioether (sulfide) groups is 1. The molecule has 10 heteroatoms. The van der Waals surface area contributed by atoms with Crippen molar-refractivity contribution >= 4 is 17.7 Å². The van der Waals surface area contributed by atoms with Gasteiger partial charge in [0.25, 0.3) is 0 Å². The predicted molar refractivity (Wildman–Crippen MR) is 61.0 cm³/mol. The van der Waals surface area contributed by atoms with Crippen LogP contribution in [0.15, 0.2) is 23.1 Å². The number of carbonyl (C=O) groups is 1. The number of alkyl halides is 6. The van der Waals surface area contributed by atoms with E-state index in [1.54, 1.807) is 0 Å². The van der Waals surface area contributed by atoms with Gasteiger partial charge >= 0.3 is 17.8 Å². The highest BCUT2D eigenvalue weighted by molar-refractivity contribution is 8.00. The Labute approximate surface area is 118 Å². The standard InChI is InChI=1S/C11H8F6O3S/c12-10(13,14)20-7-3-1-2-6(4-5-8(18)19)9(7)21-11(15,16)17/h1-3H,4-5H2,(H,18,19). The van der Waals surface area contributed by atoms with Crippen molar-refractivity contribution in [1.29, 1.82) is 0 Å². The minimum atomic E-state index is -5.15. The van der Waals surface area contributed by atoms with Gasteiger partial charge in [-0.3, -0.25) is 4.79 Å². The molecule has 0 aliphatic heterocycles. The SMILES string of the molecule is O=C(O)CCc1cccc(OC(F)(F)F)c1SC(F)(F)F. The van der Waals surface area contributed by atoms with Gasteiger partial charge in [-0.1, -0.05) is 12.1 Å². The molecule has 1 rings (SSSR count). The normalized spacial score (nSPS) is 12.3. The molecule has 0 heterocycles. The van der Waals surface area contributed by atoms with Crippen molar-refractivity contribution in [2.24, 2.45) is 0 Å². The molecule has 1 N–H and O–H groups in total. The summed E-state index contributed by atoms with van der Waals surface area (Å²) in [5, 5.41) is 8.51. The summed E-state index contributed by atoms with van der Waals surface area (Å²) < 4.78 is 77.5. The van der Waals surface area contributed by atoms with E-state index in [-0.39, 0.29) is 12.0 Å². The van der Waals surface area contributed by atoms with Crippen molar-refractivity contribution in [2.75, 3.05) is 0 Å². The molecule has 0 saturated carbocycles. The number of carboxylic acids is 1. The van der Waals surface area contributed by atoms with Crippen LogP contribution in [-0.4, -0.2) is 22.9 Å². The number of hydrogen-bond donors (Lipinski definition) is 1. The molecule has 0 aliphatic carbocycles. The predicted octanol–water partition coefficient (Wildman–Crippen LogP) is 4.21. The summed E-state index contributed by atoms with van der Waals surface area (Å²) in [5.41, 5.74) is -5.01. The largest absolute Gasteiger partial charge is 0.573 e. The summed E-state index contributed by atoms with van der Waals surface area (Å²) in [5.74, 6) is -2.28. The summed E-state index contributed by atoms with van der Waals surface area (Å²) in [6.45, 7) is 0. The molecule has 0 amide bonds. The van der Waals surface area contributed by atoms with Gasteiger partial charge in [0.2, 0.25) is 0 Å². The zero-order chi connectivity index (χ0) is 16.3. The fourth-order valence-corrected chi connectivity index (χ4v) is 2.18. The molecule has 0 radical (unpaired) electrons. The number of halogens is 6. The van der Waals surface area contributed by atoms with E-state index in [0.717, 1.165) is 18.2 Å². The lowest BCUT2D eigenvalue weighted by Crippen LogP contribution is -2.18. The Morgan fingerprint density at radius 3 is 2.29 bits per heavy atom. The van der Waals surface area contributed by atoms with Gasteiger partial charge in [-0.15, -0.1) is 13.2 Å². The maximum absolute atomic E-state index is 12.4.